The van der Waals surface area contributed by atoms with Crippen LogP contribution in [-0.2, 0) is 9.59 Å². The Kier molecular flexibility index (Phi) is 4.26. The largest absolute Gasteiger partial charge is 0.336 e. The number of hydrogen-bond acceptors (Lipinski definition) is 2. The van der Waals surface area contributed by atoms with Gasteiger partial charge >= 0.3 is 0 Å². The molecule has 0 saturated carbocycles. The first-order chi connectivity index (χ1) is 5.06. The first-order valence-corrected chi connectivity index (χ1v) is 3.39. The van der Waals surface area contributed by atoms with Crippen molar-refractivity contribution < 1.29 is 9.59 Å². The number of rotatable bonds is 3. The Labute approximate surface area is 66.4 Å². The summed E-state index contributed by atoms with van der Waals surface area (Å²) < 4.78 is 0. The summed E-state index contributed by atoms with van der Waals surface area (Å²) in [7, 11) is 0. The second-order valence-electron chi connectivity index (χ2n) is 2.24. The van der Waals surface area contributed by atoms with Gasteiger partial charge in [0.15, 0.2) is 0 Å². The van der Waals surface area contributed by atoms with E-state index in [1.807, 2.05) is 0 Å². The molecule has 0 fully saturated rings. The fourth-order valence-electron chi connectivity index (χ4n) is 0.671. The van der Waals surface area contributed by atoms with Crippen LogP contribution in [0.4, 0.5) is 0 Å². The van der Waals surface area contributed by atoms with Crippen LogP contribution in [0.25, 0.3) is 0 Å². The lowest BCUT2D eigenvalue weighted by Crippen LogP contribution is -2.46. The van der Waals surface area contributed by atoms with Crippen molar-refractivity contribution in [2.75, 3.05) is 0 Å². The molecule has 0 aliphatic carbocycles. The van der Waals surface area contributed by atoms with Gasteiger partial charge in [0.2, 0.25) is 11.8 Å². The van der Waals surface area contributed by atoms with Crippen molar-refractivity contribution in [2.45, 2.75) is 26.4 Å². The Bertz CT molecular complexity index is 141. The zero-order valence-electron chi connectivity index (χ0n) is 6.81. The van der Waals surface area contributed by atoms with E-state index in [-0.39, 0.29) is 18.0 Å². The van der Waals surface area contributed by atoms with Gasteiger partial charge in [-0.3, -0.25) is 9.59 Å². The predicted octanol–water partition coefficient (Wildman–Crippen LogP) is -0.191. The smallest absolute Gasteiger partial charge is 0.218 e. The van der Waals surface area contributed by atoms with Crippen LogP contribution >= 0.6 is 0 Å². The third-order valence-electron chi connectivity index (χ3n) is 1.04. The van der Waals surface area contributed by atoms with Gasteiger partial charge in [-0.25, -0.2) is 0 Å². The minimum absolute atomic E-state index is 0.174. The van der Waals surface area contributed by atoms with Gasteiger partial charge < -0.3 is 10.6 Å². The van der Waals surface area contributed by atoms with Gasteiger partial charge in [0.05, 0.1) is 0 Å². The number of hydrogen-bond donors (Lipinski definition) is 2. The number of nitrogens with one attached hydrogen (secondary N) is 2. The first-order valence-electron chi connectivity index (χ1n) is 3.39. The lowest BCUT2D eigenvalue weighted by Gasteiger charge is -2.15. The lowest BCUT2D eigenvalue weighted by atomic mass is 10.3. The second kappa shape index (κ2) is 4.71. The van der Waals surface area contributed by atoms with Crippen molar-refractivity contribution in [3.63, 3.8) is 0 Å². The molecular formula is C7H13N2O2. The van der Waals surface area contributed by atoms with Gasteiger partial charge in [-0.05, 0) is 13.3 Å². The van der Waals surface area contributed by atoms with Gasteiger partial charge in [-0.2, -0.15) is 0 Å². The molecule has 1 radical (unpaired) electrons. The summed E-state index contributed by atoms with van der Waals surface area (Å²) in [4.78, 5) is 21.0. The summed E-state index contributed by atoms with van der Waals surface area (Å²) >= 11 is 0. The lowest BCUT2D eigenvalue weighted by molar-refractivity contribution is -0.122. The van der Waals surface area contributed by atoms with Crippen molar-refractivity contribution in [3.05, 3.63) is 6.92 Å². The van der Waals surface area contributed by atoms with Crippen LogP contribution in [0.1, 0.15) is 20.3 Å². The highest BCUT2D eigenvalue weighted by atomic mass is 16.2. The summed E-state index contributed by atoms with van der Waals surface area (Å²) in [5, 5.41) is 5.06. The van der Waals surface area contributed by atoms with Crippen molar-refractivity contribution in [3.8, 4) is 0 Å². The standard InChI is InChI=1S/C7H13N2O2/c1-4-7(8-5(2)10)9-6(3)11/h7H,1,4H2,2-3H3,(H,8,10)(H,9,11). The van der Waals surface area contributed by atoms with Crippen LogP contribution in [0, 0.1) is 6.92 Å². The molecule has 11 heavy (non-hydrogen) atoms. The Morgan fingerprint density at radius 2 is 1.64 bits per heavy atom. The molecule has 0 aliphatic heterocycles. The maximum absolute atomic E-state index is 10.5. The fraction of sp³-hybridized carbons (Fsp3) is 0.571. The summed E-state index contributed by atoms with van der Waals surface area (Å²) in [6.07, 6.45) is 0.101. The van der Waals surface area contributed by atoms with Crippen LogP contribution in [0.15, 0.2) is 0 Å². The molecule has 0 unspecified atom stereocenters. The minimum atomic E-state index is -0.343. The quantitative estimate of drug-likeness (QED) is 0.558. The zero-order valence-corrected chi connectivity index (χ0v) is 6.81. The minimum Gasteiger partial charge on any atom is -0.336 e. The molecule has 0 aromatic rings. The van der Waals surface area contributed by atoms with E-state index in [9.17, 15) is 9.59 Å². The average molecular weight is 157 g/mol. The van der Waals surface area contributed by atoms with Gasteiger partial charge in [0, 0.05) is 13.8 Å². The van der Waals surface area contributed by atoms with E-state index in [2.05, 4.69) is 17.6 Å². The van der Waals surface area contributed by atoms with Crippen LogP contribution in [0.5, 0.6) is 0 Å². The van der Waals surface area contributed by atoms with Crippen molar-refractivity contribution in [1.29, 1.82) is 0 Å². The van der Waals surface area contributed by atoms with Crippen LogP contribution < -0.4 is 10.6 Å². The molecule has 0 aliphatic rings. The SMILES string of the molecule is [CH2]CC(NC(C)=O)NC(C)=O. The third kappa shape index (κ3) is 5.39. The molecule has 0 rings (SSSR count). The van der Waals surface area contributed by atoms with Crippen LogP contribution in [0.2, 0.25) is 0 Å². The topological polar surface area (TPSA) is 58.2 Å². The maximum Gasteiger partial charge on any atom is 0.218 e. The van der Waals surface area contributed by atoms with E-state index in [0.29, 0.717) is 6.42 Å². The number of carbonyl (C=O) groups excluding carboxylic acids is 2. The molecule has 0 spiro atoms. The maximum atomic E-state index is 10.5. The molecule has 4 nitrogen and oxygen atoms in total. The molecule has 0 bridgehead atoms. The molecule has 0 aromatic heterocycles. The normalized spacial score (nSPS) is 9.45. The summed E-state index contributed by atoms with van der Waals surface area (Å²) in [5.41, 5.74) is 0. The van der Waals surface area contributed by atoms with Crippen molar-refractivity contribution >= 4 is 11.8 Å². The molecule has 63 valence electrons. The van der Waals surface area contributed by atoms with Gasteiger partial charge in [-0.1, -0.05) is 0 Å². The molecule has 2 N–H and O–H groups in total. The zero-order chi connectivity index (χ0) is 8.85. The van der Waals surface area contributed by atoms with Crippen LogP contribution in [-0.4, -0.2) is 18.0 Å². The number of amides is 2. The Morgan fingerprint density at radius 3 is 1.82 bits per heavy atom. The summed E-state index contributed by atoms with van der Waals surface area (Å²) in [5.74, 6) is -0.347. The van der Waals surface area contributed by atoms with E-state index in [1.165, 1.54) is 13.8 Å². The average Bonchev–Trinajstić information content (AvgIpc) is 1.84. The molecule has 0 atom stereocenters. The molecular weight excluding hydrogens is 144 g/mol. The molecule has 2 amide bonds. The van der Waals surface area contributed by atoms with Gasteiger partial charge in [0.25, 0.3) is 0 Å². The third-order valence-corrected chi connectivity index (χ3v) is 1.04. The first kappa shape index (κ1) is 9.94. The van der Waals surface area contributed by atoms with Gasteiger partial charge in [0.1, 0.15) is 6.17 Å². The highest BCUT2D eigenvalue weighted by Gasteiger charge is 2.06. The Hall–Kier alpha value is -1.06. The van der Waals surface area contributed by atoms with E-state index < -0.39 is 0 Å². The summed E-state index contributed by atoms with van der Waals surface area (Å²) in [6, 6.07) is 0. The Morgan fingerprint density at radius 1 is 1.27 bits per heavy atom. The molecule has 0 aromatic carbocycles. The van der Waals surface area contributed by atoms with E-state index in [0.717, 1.165) is 0 Å². The monoisotopic (exact) mass is 157 g/mol. The van der Waals surface area contributed by atoms with Crippen LogP contribution in [0.3, 0.4) is 0 Å². The summed E-state index contributed by atoms with van der Waals surface area (Å²) in [6.45, 7) is 6.35. The highest BCUT2D eigenvalue weighted by Crippen LogP contribution is 1.84. The molecule has 4 heteroatoms. The fourth-order valence-corrected chi connectivity index (χ4v) is 0.671. The molecule has 0 heterocycles. The van der Waals surface area contributed by atoms with Crippen molar-refractivity contribution in [2.24, 2.45) is 0 Å². The highest BCUT2D eigenvalue weighted by molar-refractivity contribution is 5.76. The van der Waals surface area contributed by atoms with E-state index in [4.69, 9.17) is 0 Å². The second-order valence-corrected chi connectivity index (χ2v) is 2.24. The number of carbonyl (C=O) groups is 2. The Balaban J connectivity index is 3.76. The van der Waals surface area contributed by atoms with E-state index >= 15 is 0 Å². The van der Waals surface area contributed by atoms with Gasteiger partial charge in [-0.15, -0.1) is 0 Å². The molecule has 0 saturated heterocycles. The van der Waals surface area contributed by atoms with E-state index in [1.54, 1.807) is 0 Å². The predicted molar refractivity (Wildman–Crippen MR) is 41.4 cm³/mol. The van der Waals surface area contributed by atoms with Crippen molar-refractivity contribution in [1.82, 2.24) is 10.6 Å².